The minimum Gasteiger partial charge on any atom is -0.542 e. The fourth-order valence-corrected chi connectivity index (χ4v) is 3.28. The molecule has 82 valence electrons. The van der Waals surface area contributed by atoms with Gasteiger partial charge in [0.25, 0.3) is 9.04 Å². The van der Waals surface area contributed by atoms with E-state index in [0.717, 1.165) is 5.75 Å². The smallest absolute Gasteiger partial charge is 0.264 e. The average Bonchev–Trinajstić information content (AvgIpc) is 2.30. The maximum absolute atomic E-state index is 5.99. The SMILES string of the molecule is Cc1cccc([SiH](C)Oc2ccccc2)c1. The van der Waals surface area contributed by atoms with Crippen LogP contribution >= 0.6 is 0 Å². The molecule has 1 atom stereocenters. The van der Waals surface area contributed by atoms with Crippen molar-refractivity contribution in [2.75, 3.05) is 0 Å². The van der Waals surface area contributed by atoms with Gasteiger partial charge in [-0.05, 0) is 30.8 Å². The van der Waals surface area contributed by atoms with Crippen molar-refractivity contribution in [3.63, 3.8) is 0 Å². The second-order valence-electron chi connectivity index (χ2n) is 3.99. The van der Waals surface area contributed by atoms with E-state index in [4.69, 9.17) is 4.43 Å². The predicted molar refractivity (Wildman–Crippen MR) is 70.9 cm³/mol. The van der Waals surface area contributed by atoms with E-state index in [0.29, 0.717) is 0 Å². The molecule has 0 bridgehead atoms. The summed E-state index contributed by atoms with van der Waals surface area (Å²) in [5, 5.41) is 1.35. The first kappa shape index (κ1) is 11.0. The highest BCUT2D eigenvalue weighted by Crippen LogP contribution is 2.09. The van der Waals surface area contributed by atoms with Crippen LogP contribution in [0.1, 0.15) is 5.56 Å². The van der Waals surface area contributed by atoms with Gasteiger partial charge in [0.2, 0.25) is 0 Å². The van der Waals surface area contributed by atoms with E-state index in [1.165, 1.54) is 10.8 Å². The highest BCUT2D eigenvalue weighted by Gasteiger charge is 2.09. The van der Waals surface area contributed by atoms with Gasteiger partial charge in [-0.1, -0.05) is 48.0 Å². The van der Waals surface area contributed by atoms with Crippen LogP contribution < -0.4 is 9.61 Å². The maximum Gasteiger partial charge on any atom is 0.264 e. The molecule has 2 rings (SSSR count). The minimum absolute atomic E-state index is 0.975. The highest BCUT2D eigenvalue weighted by atomic mass is 28.3. The molecule has 0 saturated heterocycles. The summed E-state index contributed by atoms with van der Waals surface area (Å²) in [6.45, 7) is 4.33. The molecule has 1 unspecified atom stereocenters. The zero-order chi connectivity index (χ0) is 11.4. The Morgan fingerprint density at radius 1 is 0.938 bits per heavy atom. The molecule has 0 aromatic heterocycles. The lowest BCUT2D eigenvalue weighted by molar-refractivity contribution is 0.586. The number of hydrogen-bond acceptors (Lipinski definition) is 1. The molecule has 0 saturated carbocycles. The summed E-state index contributed by atoms with van der Waals surface area (Å²) < 4.78 is 5.99. The minimum atomic E-state index is -1.32. The largest absolute Gasteiger partial charge is 0.542 e. The lowest BCUT2D eigenvalue weighted by atomic mass is 10.2. The lowest BCUT2D eigenvalue weighted by Gasteiger charge is -2.14. The van der Waals surface area contributed by atoms with Gasteiger partial charge in [0.15, 0.2) is 0 Å². The van der Waals surface area contributed by atoms with Crippen molar-refractivity contribution in [2.24, 2.45) is 0 Å². The molecular weight excluding hydrogens is 212 g/mol. The zero-order valence-corrected chi connectivity index (χ0v) is 10.8. The van der Waals surface area contributed by atoms with E-state index < -0.39 is 9.04 Å². The van der Waals surface area contributed by atoms with Gasteiger partial charge in [-0.3, -0.25) is 0 Å². The summed E-state index contributed by atoms with van der Waals surface area (Å²) in [4.78, 5) is 0. The van der Waals surface area contributed by atoms with Crippen molar-refractivity contribution in [3.8, 4) is 5.75 Å². The third kappa shape index (κ3) is 2.73. The number of aryl methyl sites for hydroxylation is 1. The first-order valence-corrected chi connectivity index (χ1v) is 7.74. The molecule has 0 aliphatic rings. The highest BCUT2D eigenvalue weighted by molar-refractivity contribution is 6.66. The van der Waals surface area contributed by atoms with Crippen molar-refractivity contribution in [3.05, 3.63) is 60.2 Å². The molecule has 0 heterocycles. The van der Waals surface area contributed by atoms with Gasteiger partial charge in [-0.15, -0.1) is 0 Å². The van der Waals surface area contributed by atoms with E-state index in [1.54, 1.807) is 0 Å². The second kappa shape index (κ2) is 4.99. The van der Waals surface area contributed by atoms with Crippen LogP contribution in [-0.2, 0) is 0 Å². The number of hydrogen-bond donors (Lipinski definition) is 0. The van der Waals surface area contributed by atoms with Crippen LogP contribution in [0.15, 0.2) is 54.6 Å². The van der Waals surface area contributed by atoms with Crippen LogP contribution in [0.3, 0.4) is 0 Å². The Balaban J connectivity index is 2.12. The third-order valence-corrected chi connectivity index (χ3v) is 4.49. The van der Waals surface area contributed by atoms with Crippen molar-refractivity contribution in [1.82, 2.24) is 0 Å². The number of rotatable bonds is 3. The first-order chi connectivity index (χ1) is 7.75. The Bertz CT molecular complexity index is 453. The van der Waals surface area contributed by atoms with Crippen LogP contribution in [-0.4, -0.2) is 9.04 Å². The topological polar surface area (TPSA) is 9.23 Å². The Morgan fingerprint density at radius 3 is 2.38 bits per heavy atom. The first-order valence-electron chi connectivity index (χ1n) is 5.54. The van der Waals surface area contributed by atoms with Crippen LogP contribution in [0.25, 0.3) is 0 Å². The predicted octanol–water partition coefficient (Wildman–Crippen LogP) is 2.63. The third-order valence-electron chi connectivity index (χ3n) is 2.57. The monoisotopic (exact) mass is 228 g/mol. The molecule has 0 aliphatic heterocycles. The lowest BCUT2D eigenvalue weighted by Crippen LogP contribution is -2.33. The van der Waals surface area contributed by atoms with Crippen molar-refractivity contribution in [2.45, 2.75) is 13.5 Å². The number of para-hydroxylation sites is 1. The van der Waals surface area contributed by atoms with E-state index in [1.807, 2.05) is 30.3 Å². The molecule has 0 amide bonds. The van der Waals surface area contributed by atoms with Crippen LogP contribution in [0.5, 0.6) is 5.75 Å². The summed E-state index contributed by atoms with van der Waals surface area (Å²) >= 11 is 0. The molecule has 0 fully saturated rings. The summed E-state index contributed by atoms with van der Waals surface area (Å²) in [7, 11) is -1.32. The molecule has 2 heteroatoms. The van der Waals surface area contributed by atoms with Gasteiger partial charge in [0.05, 0.1) is 0 Å². The normalized spacial score (nSPS) is 12.1. The Labute approximate surface area is 98.4 Å². The quantitative estimate of drug-likeness (QED) is 0.734. The molecule has 0 radical (unpaired) electrons. The second-order valence-corrected chi connectivity index (χ2v) is 6.17. The molecule has 16 heavy (non-hydrogen) atoms. The molecule has 2 aromatic carbocycles. The standard InChI is InChI=1S/C14H16OSi/c1-12-7-6-10-14(11-12)16(2)15-13-8-4-3-5-9-13/h3-11,16H,1-2H3. The Hall–Kier alpha value is -1.54. The van der Waals surface area contributed by atoms with Gasteiger partial charge in [0.1, 0.15) is 5.75 Å². The molecule has 0 N–H and O–H groups in total. The molecule has 2 aromatic rings. The molecule has 1 nitrogen and oxygen atoms in total. The molecule has 0 spiro atoms. The molecule has 0 aliphatic carbocycles. The van der Waals surface area contributed by atoms with Crippen LogP contribution in [0, 0.1) is 6.92 Å². The Morgan fingerprint density at radius 2 is 1.69 bits per heavy atom. The van der Waals surface area contributed by atoms with Gasteiger partial charge < -0.3 is 4.43 Å². The van der Waals surface area contributed by atoms with Crippen molar-refractivity contribution in [1.29, 1.82) is 0 Å². The van der Waals surface area contributed by atoms with Gasteiger partial charge in [0, 0.05) is 0 Å². The molecular formula is C14H16OSi. The fourth-order valence-electron chi connectivity index (χ4n) is 1.69. The van der Waals surface area contributed by atoms with E-state index in [9.17, 15) is 0 Å². The maximum atomic E-state index is 5.99. The summed E-state index contributed by atoms with van der Waals surface area (Å²) in [6.07, 6.45) is 0. The Kier molecular flexibility index (Phi) is 3.42. The zero-order valence-electron chi connectivity index (χ0n) is 9.68. The summed E-state index contributed by atoms with van der Waals surface area (Å²) in [5.41, 5.74) is 1.30. The van der Waals surface area contributed by atoms with Gasteiger partial charge in [-0.25, -0.2) is 0 Å². The van der Waals surface area contributed by atoms with E-state index >= 15 is 0 Å². The fraction of sp³-hybridized carbons (Fsp3) is 0.143. The van der Waals surface area contributed by atoms with Crippen LogP contribution in [0.2, 0.25) is 6.55 Å². The van der Waals surface area contributed by atoms with E-state index in [2.05, 4.69) is 37.7 Å². The van der Waals surface area contributed by atoms with E-state index in [-0.39, 0.29) is 0 Å². The number of benzene rings is 2. The van der Waals surface area contributed by atoms with Crippen molar-refractivity contribution < 1.29 is 4.43 Å². The van der Waals surface area contributed by atoms with Gasteiger partial charge >= 0.3 is 0 Å². The van der Waals surface area contributed by atoms with Crippen LogP contribution in [0.4, 0.5) is 0 Å². The van der Waals surface area contributed by atoms with Crippen molar-refractivity contribution >= 4 is 14.2 Å². The summed E-state index contributed by atoms with van der Waals surface area (Å²) in [6, 6.07) is 18.6. The summed E-state index contributed by atoms with van der Waals surface area (Å²) in [5.74, 6) is 0.975. The average molecular weight is 228 g/mol. The van der Waals surface area contributed by atoms with Gasteiger partial charge in [-0.2, -0.15) is 0 Å².